The molecule has 1 aromatic heterocycles. The molecule has 1 N–H and O–H groups in total. The lowest BCUT2D eigenvalue weighted by Crippen LogP contribution is -2.74. The summed E-state index contributed by atoms with van der Waals surface area (Å²) in [6.07, 6.45) is -0.146. The smallest absolute Gasteiger partial charge is 0.256 e. The van der Waals surface area contributed by atoms with Gasteiger partial charge in [-0.15, -0.1) is 0 Å². The quantitative estimate of drug-likeness (QED) is 0.608. The van der Waals surface area contributed by atoms with E-state index in [4.69, 9.17) is 26.6 Å². The highest BCUT2D eigenvalue weighted by molar-refractivity contribution is 6.31. The van der Waals surface area contributed by atoms with Crippen molar-refractivity contribution in [2.45, 2.75) is 52.4 Å². The van der Waals surface area contributed by atoms with E-state index in [9.17, 15) is 4.79 Å². The van der Waals surface area contributed by atoms with Crippen molar-refractivity contribution in [2.24, 2.45) is 16.7 Å². The van der Waals surface area contributed by atoms with E-state index in [-0.39, 0.29) is 28.9 Å². The van der Waals surface area contributed by atoms with Crippen LogP contribution in [-0.2, 0) is 6.54 Å². The Hall–Kier alpha value is -3.10. The Morgan fingerprint density at radius 1 is 1.13 bits per heavy atom. The van der Waals surface area contributed by atoms with Gasteiger partial charge in [0.1, 0.15) is 23.6 Å². The summed E-state index contributed by atoms with van der Waals surface area (Å²) in [7, 11) is 0. The highest BCUT2D eigenvalue weighted by Crippen LogP contribution is 2.59. The molecule has 8 heteroatoms. The van der Waals surface area contributed by atoms with E-state index in [1.54, 1.807) is 18.2 Å². The van der Waals surface area contributed by atoms with Gasteiger partial charge in [-0.05, 0) is 30.2 Å². The van der Waals surface area contributed by atoms with Gasteiger partial charge < -0.3 is 15.0 Å². The Morgan fingerprint density at radius 2 is 1.87 bits per heavy atom. The summed E-state index contributed by atoms with van der Waals surface area (Å²) >= 11 is 6.23. The summed E-state index contributed by atoms with van der Waals surface area (Å²) in [4.78, 5) is 22.7. The lowest BCUT2D eigenvalue weighted by Gasteiger charge is -2.65. The minimum absolute atomic E-state index is 0.0155. The predicted molar refractivity (Wildman–Crippen MR) is 145 cm³/mol. The highest BCUT2D eigenvalue weighted by atomic mass is 35.5. The average molecular weight is 530 g/mol. The van der Waals surface area contributed by atoms with E-state index in [0.29, 0.717) is 40.4 Å². The molecule has 7 nitrogen and oxygen atoms in total. The summed E-state index contributed by atoms with van der Waals surface area (Å²) in [5.74, 6) is 7.66. The van der Waals surface area contributed by atoms with Crippen LogP contribution in [0.4, 0.5) is 0 Å². The molecule has 2 saturated heterocycles. The molecule has 3 fully saturated rings. The second-order valence-electron chi connectivity index (χ2n) is 12.2. The molecule has 0 radical (unpaired) electrons. The van der Waals surface area contributed by atoms with Gasteiger partial charge in [0.05, 0.1) is 28.4 Å². The number of halogens is 1. The molecule has 38 heavy (non-hydrogen) atoms. The van der Waals surface area contributed by atoms with Gasteiger partial charge in [-0.1, -0.05) is 45.2 Å². The van der Waals surface area contributed by atoms with Gasteiger partial charge >= 0.3 is 0 Å². The average Bonchev–Trinajstić information content (AvgIpc) is 3.11. The number of hydrogen-bond acceptors (Lipinski definition) is 6. The van der Waals surface area contributed by atoms with Gasteiger partial charge in [0.15, 0.2) is 0 Å². The zero-order chi connectivity index (χ0) is 26.8. The molecule has 0 atom stereocenters. The van der Waals surface area contributed by atoms with Crippen LogP contribution in [0.5, 0.6) is 5.75 Å². The minimum atomic E-state index is -0.309. The zero-order valence-corrected chi connectivity index (χ0v) is 23.0. The number of pyridine rings is 1. The van der Waals surface area contributed by atoms with Crippen LogP contribution >= 0.6 is 11.6 Å². The molecule has 196 valence electrons. The SMILES string of the molecule is CC1(C)[C@H](Oc2ccc(C#N)c(Cl)c2)C(C)(C)[C@H]1N1Cc2nc(C#CC3CN(C4CNC4)C3)ccc2C1=O. The molecule has 2 aromatic rings. The molecule has 0 spiro atoms. The van der Waals surface area contributed by atoms with Gasteiger partial charge in [-0.3, -0.25) is 9.69 Å². The second kappa shape index (κ2) is 8.99. The van der Waals surface area contributed by atoms with Crippen LogP contribution in [0.3, 0.4) is 0 Å². The Kier molecular flexibility index (Phi) is 5.96. The fourth-order valence-corrected chi connectivity index (χ4v) is 7.32. The summed E-state index contributed by atoms with van der Waals surface area (Å²) in [6, 6.07) is 11.6. The fraction of sp³-hybridized carbons (Fsp3) is 0.500. The van der Waals surface area contributed by atoms with Gasteiger partial charge in [0.25, 0.3) is 5.91 Å². The van der Waals surface area contributed by atoms with E-state index in [2.05, 4.69) is 55.8 Å². The van der Waals surface area contributed by atoms with Gasteiger partial charge in [0.2, 0.25) is 0 Å². The molecule has 0 bridgehead atoms. The summed E-state index contributed by atoms with van der Waals surface area (Å²) in [5, 5.41) is 12.9. The van der Waals surface area contributed by atoms with Crippen molar-refractivity contribution in [3.05, 3.63) is 57.9 Å². The molecule has 3 aliphatic heterocycles. The van der Waals surface area contributed by atoms with Crippen LogP contribution in [0, 0.1) is 39.9 Å². The standard InChI is InChI=1S/C30H32ClN5O2/c1-29(2)27(30(3,4)28(29)38-22-9-6-19(12-32)24(31)11-22)36-17-25-23(26(36)37)10-8-20(34-25)7-5-18-15-35(16-18)21-13-33-14-21/h6,8-11,18,21,27-28,33H,13-17H2,1-4H3/t27-,28-. The number of carbonyl (C=O) groups is 1. The molecular weight excluding hydrogens is 498 g/mol. The van der Waals surface area contributed by atoms with Crippen molar-refractivity contribution in [1.29, 1.82) is 5.26 Å². The molecule has 4 heterocycles. The molecule has 4 aliphatic rings. The number of fused-ring (bicyclic) bond motifs is 1. The molecule has 6 rings (SSSR count). The van der Waals surface area contributed by atoms with E-state index >= 15 is 0 Å². The van der Waals surface area contributed by atoms with Crippen molar-refractivity contribution in [1.82, 2.24) is 20.1 Å². The van der Waals surface area contributed by atoms with Crippen molar-refractivity contribution in [3.63, 3.8) is 0 Å². The van der Waals surface area contributed by atoms with E-state index in [1.165, 1.54) is 0 Å². The minimum Gasteiger partial charge on any atom is -0.489 e. The van der Waals surface area contributed by atoms with Gasteiger partial charge in [0, 0.05) is 61.1 Å². The number of nitrogens with zero attached hydrogens (tertiary/aromatic N) is 4. The molecule has 1 aliphatic carbocycles. The third-order valence-electron chi connectivity index (χ3n) is 8.76. The lowest BCUT2D eigenvalue weighted by molar-refractivity contribution is -0.199. The molecule has 1 aromatic carbocycles. The van der Waals surface area contributed by atoms with E-state index in [0.717, 1.165) is 37.6 Å². The van der Waals surface area contributed by atoms with Crippen LogP contribution in [0.15, 0.2) is 30.3 Å². The Labute approximate surface area is 229 Å². The van der Waals surface area contributed by atoms with E-state index < -0.39 is 0 Å². The normalized spacial score (nSPS) is 25.8. The maximum Gasteiger partial charge on any atom is 0.256 e. The number of nitriles is 1. The van der Waals surface area contributed by atoms with Crippen molar-refractivity contribution in [3.8, 4) is 23.7 Å². The number of carbonyl (C=O) groups excluding carboxylic acids is 1. The number of aromatic nitrogens is 1. The largest absolute Gasteiger partial charge is 0.489 e. The first kappa shape index (κ1) is 25.2. The Bertz CT molecular complexity index is 1390. The van der Waals surface area contributed by atoms with Crippen LogP contribution < -0.4 is 10.1 Å². The fourth-order valence-electron chi connectivity index (χ4n) is 7.10. The summed E-state index contributed by atoms with van der Waals surface area (Å²) in [6.45, 7) is 13.3. The maximum absolute atomic E-state index is 13.5. The van der Waals surface area contributed by atoms with Crippen molar-refractivity contribution < 1.29 is 9.53 Å². The maximum atomic E-state index is 13.5. The van der Waals surface area contributed by atoms with Crippen LogP contribution in [0.25, 0.3) is 0 Å². The van der Waals surface area contributed by atoms with Crippen LogP contribution in [0.1, 0.15) is 55.0 Å². The highest BCUT2D eigenvalue weighted by Gasteiger charge is 2.67. The second-order valence-corrected chi connectivity index (χ2v) is 12.6. The zero-order valence-electron chi connectivity index (χ0n) is 22.2. The van der Waals surface area contributed by atoms with Gasteiger partial charge in [-0.25, -0.2) is 4.98 Å². The first-order valence-corrected chi connectivity index (χ1v) is 13.6. The lowest BCUT2D eigenvalue weighted by atomic mass is 9.49. The Morgan fingerprint density at radius 3 is 2.50 bits per heavy atom. The summed E-state index contributed by atoms with van der Waals surface area (Å²) < 4.78 is 6.41. The van der Waals surface area contributed by atoms with Crippen LogP contribution in [0.2, 0.25) is 5.02 Å². The first-order valence-electron chi connectivity index (χ1n) is 13.2. The number of hydrogen-bond donors (Lipinski definition) is 1. The van der Waals surface area contributed by atoms with Crippen molar-refractivity contribution in [2.75, 3.05) is 26.2 Å². The van der Waals surface area contributed by atoms with Crippen LogP contribution in [-0.4, -0.2) is 65.1 Å². The summed E-state index contributed by atoms with van der Waals surface area (Å²) in [5.41, 5.74) is 1.99. The number of nitrogens with one attached hydrogen (secondary N) is 1. The van der Waals surface area contributed by atoms with Crippen molar-refractivity contribution >= 4 is 17.5 Å². The molecule has 1 amide bonds. The molecular formula is C30H32ClN5O2. The number of amides is 1. The van der Waals surface area contributed by atoms with E-state index in [1.807, 2.05) is 17.0 Å². The number of ether oxygens (including phenoxy) is 1. The van der Waals surface area contributed by atoms with Gasteiger partial charge in [-0.2, -0.15) is 5.26 Å². The number of benzene rings is 1. The predicted octanol–water partition coefficient (Wildman–Crippen LogP) is 3.70. The first-order chi connectivity index (χ1) is 18.1. The number of likely N-dealkylation sites (tertiary alicyclic amines) is 1. The third-order valence-corrected chi connectivity index (χ3v) is 9.08. The third kappa shape index (κ3) is 3.96. The Balaban J connectivity index is 1.15. The number of rotatable bonds is 4. The molecule has 1 saturated carbocycles. The monoisotopic (exact) mass is 529 g/mol. The molecule has 0 unspecified atom stereocenters. The topological polar surface area (TPSA) is 81.5 Å².